The first kappa shape index (κ1) is 18.6. The summed E-state index contributed by atoms with van der Waals surface area (Å²) in [6.45, 7) is 1.18. The van der Waals surface area contributed by atoms with E-state index in [1.54, 1.807) is 6.20 Å². The van der Waals surface area contributed by atoms with E-state index in [-0.39, 0.29) is 5.91 Å². The summed E-state index contributed by atoms with van der Waals surface area (Å²) in [6.07, 6.45) is 6.38. The lowest BCUT2D eigenvalue weighted by atomic mass is 9.64. The van der Waals surface area contributed by atoms with E-state index in [2.05, 4.69) is 10.4 Å². The number of anilines is 1. The fraction of sp³-hybridized carbons (Fsp3) is 0.273. The van der Waals surface area contributed by atoms with Crippen LogP contribution < -0.4 is 10.1 Å². The third-order valence-corrected chi connectivity index (χ3v) is 5.53. The molecule has 0 spiro atoms. The van der Waals surface area contributed by atoms with Gasteiger partial charge < -0.3 is 10.1 Å². The molecule has 4 rings (SSSR count). The van der Waals surface area contributed by atoms with Gasteiger partial charge in [-0.05, 0) is 48.7 Å². The van der Waals surface area contributed by atoms with Crippen molar-refractivity contribution in [3.8, 4) is 5.75 Å². The lowest BCUT2D eigenvalue weighted by Gasteiger charge is -2.40. The maximum absolute atomic E-state index is 13.1. The average Bonchev–Trinajstić information content (AvgIpc) is 3.16. The maximum atomic E-state index is 13.1. The van der Waals surface area contributed by atoms with Gasteiger partial charge in [-0.15, -0.1) is 0 Å². The van der Waals surface area contributed by atoms with E-state index < -0.39 is 5.41 Å². The Morgan fingerprint density at radius 3 is 2.68 bits per heavy atom. The number of amides is 1. The van der Waals surface area contributed by atoms with Gasteiger partial charge in [-0.25, -0.2) is 0 Å². The lowest BCUT2D eigenvalue weighted by Crippen LogP contribution is -2.45. The van der Waals surface area contributed by atoms with Crippen molar-refractivity contribution in [2.45, 2.75) is 31.2 Å². The summed E-state index contributed by atoms with van der Waals surface area (Å²) in [5.41, 5.74) is 1.29. The van der Waals surface area contributed by atoms with E-state index in [9.17, 15) is 4.79 Å². The lowest BCUT2D eigenvalue weighted by molar-refractivity contribution is -0.124. The molecule has 1 N–H and O–H groups in total. The molecule has 0 atom stereocenters. The van der Waals surface area contributed by atoms with Crippen LogP contribution in [0.5, 0.6) is 5.75 Å². The van der Waals surface area contributed by atoms with Crippen LogP contribution in [0.2, 0.25) is 5.02 Å². The normalized spacial score (nSPS) is 14.9. The highest BCUT2D eigenvalue weighted by atomic mass is 35.5. The predicted octanol–water partition coefficient (Wildman–Crippen LogP) is 4.68. The van der Waals surface area contributed by atoms with Gasteiger partial charge in [0, 0.05) is 29.2 Å². The molecule has 0 aliphatic heterocycles. The zero-order valence-electron chi connectivity index (χ0n) is 15.5. The van der Waals surface area contributed by atoms with Crippen LogP contribution in [0.25, 0.3) is 0 Å². The molecule has 28 heavy (non-hydrogen) atoms. The number of rotatable bonds is 7. The fourth-order valence-electron chi connectivity index (χ4n) is 3.55. The number of hydrogen-bond acceptors (Lipinski definition) is 3. The Morgan fingerprint density at radius 1 is 1.18 bits per heavy atom. The quantitative estimate of drug-likeness (QED) is 0.632. The van der Waals surface area contributed by atoms with Crippen LogP contribution in [0.1, 0.15) is 24.8 Å². The SMILES string of the molecule is O=C(Nc1cccc(OCCn2cccn2)c1)C1(c2ccc(Cl)cc2)CCC1. The minimum atomic E-state index is -0.471. The highest BCUT2D eigenvalue weighted by Crippen LogP contribution is 2.45. The third kappa shape index (κ3) is 3.90. The zero-order chi connectivity index (χ0) is 19.4. The van der Waals surface area contributed by atoms with Crippen molar-refractivity contribution < 1.29 is 9.53 Å². The number of aromatic nitrogens is 2. The molecule has 1 saturated carbocycles. The average molecular weight is 396 g/mol. The van der Waals surface area contributed by atoms with E-state index in [1.807, 2.05) is 65.5 Å². The Labute approximate surface area is 169 Å². The molecule has 1 fully saturated rings. The van der Waals surface area contributed by atoms with Crippen LogP contribution >= 0.6 is 11.6 Å². The molecule has 1 heterocycles. The molecule has 1 aromatic heterocycles. The predicted molar refractivity (Wildman–Crippen MR) is 110 cm³/mol. The molecule has 0 saturated heterocycles. The second-order valence-corrected chi connectivity index (χ2v) is 7.48. The van der Waals surface area contributed by atoms with Gasteiger partial charge in [0.2, 0.25) is 5.91 Å². The molecule has 144 valence electrons. The number of nitrogens with zero attached hydrogens (tertiary/aromatic N) is 2. The number of carbonyl (C=O) groups is 1. The van der Waals surface area contributed by atoms with Gasteiger partial charge in [0.1, 0.15) is 12.4 Å². The number of benzene rings is 2. The van der Waals surface area contributed by atoms with E-state index >= 15 is 0 Å². The molecule has 6 heteroatoms. The highest BCUT2D eigenvalue weighted by molar-refractivity contribution is 6.30. The molecule has 1 aliphatic carbocycles. The summed E-state index contributed by atoms with van der Waals surface area (Å²) in [7, 11) is 0. The van der Waals surface area contributed by atoms with Gasteiger partial charge in [-0.3, -0.25) is 9.48 Å². The van der Waals surface area contributed by atoms with E-state index in [0.29, 0.717) is 18.2 Å². The molecule has 0 radical (unpaired) electrons. The molecular weight excluding hydrogens is 374 g/mol. The van der Waals surface area contributed by atoms with Crippen molar-refractivity contribution in [1.29, 1.82) is 0 Å². The first-order chi connectivity index (χ1) is 13.7. The molecule has 2 aromatic carbocycles. The van der Waals surface area contributed by atoms with Crippen molar-refractivity contribution in [2.75, 3.05) is 11.9 Å². The van der Waals surface area contributed by atoms with Gasteiger partial charge >= 0.3 is 0 Å². The van der Waals surface area contributed by atoms with Crippen LogP contribution in [0, 0.1) is 0 Å². The topological polar surface area (TPSA) is 56.1 Å². The smallest absolute Gasteiger partial charge is 0.235 e. The highest BCUT2D eigenvalue weighted by Gasteiger charge is 2.45. The summed E-state index contributed by atoms with van der Waals surface area (Å²) in [5, 5.41) is 7.90. The zero-order valence-corrected chi connectivity index (χ0v) is 16.2. The van der Waals surface area contributed by atoms with Gasteiger partial charge in [-0.1, -0.05) is 36.2 Å². The Morgan fingerprint density at radius 2 is 2.00 bits per heavy atom. The van der Waals surface area contributed by atoms with Crippen LogP contribution in [0.3, 0.4) is 0 Å². The number of nitrogens with one attached hydrogen (secondary N) is 1. The number of hydrogen-bond donors (Lipinski definition) is 1. The molecule has 0 unspecified atom stereocenters. The van der Waals surface area contributed by atoms with E-state index in [1.165, 1.54) is 0 Å². The van der Waals surface area contributed by atoms with Crippen molar-refractivity contribution in [1.82, 2.24) is 9.78 Å². The van der Waals surface area contributed by atoms with Crippen LogP contribution in [-0.4, -0.2) is 22.3 Å². The maximum Gasteiger partial charge on any atom is 0.235 e. The molecule has 1 amide bonds. The Balaban J connectivity index is 1.41. The summed E-state index contributed by atoms with van der Waals surface area (Å²) in [5.74, 6) is 0.744. The molecule has 3 aromatic rings. The van der Waals surface area contributed by atoms with Crippen molar-refractivity contribution >= 4 is 23.2 Å². The Kier molecular flexibility index (Phi) is 5.35. The largest absolute Gasteiger partial charge is 0.492 e. The number of ether oxygens (including phenoxy) is 1. The standard InChI is InChI=1S/C22H22ClN3O2/c23-18-8-6-17(7-9-18)22(10-2-11-22)21(27)25-19-4-1-5-20(16-19)28-15-14-26-13-3-12-24-26/h1,3-9,12-13,16H,2,10-11,14-15H2,(H,25,27). The third-order valence-electron chi connectivity index (χ3n) is 5.28. The molecule has 5 nitrogen and oxygen atoms in total. The van der Waals surface area contributed by atoms with Gasteiger partial charge in [0.15, 0.2) is 0 Å². The van der Waals surface area contributed by atoms with Gasteiger partial charge in [0.05, 0.1) is 12.0 Å². The van der Waals surface area contributed by atoms with Crippen molar-refractivity contribution in [2.24, 2.45) is 0 Å². The minimum absolute atomic E-state index is 0.0229. The Hall–Kier alpha value is -2.79. The van der Waals surface area contributed by atoms with Crippen molar-refractivity contribution in [3.63, 3.8) is 0 Å². The molecule has 0 bridgehead atoms. The van der Waals surface area contributed by atoms with Gasteiger partial charge in [-0.2, -0.15) is 5.10 Å². The van der Waals surface area contributed by atoms with E-state index in [0.717, 1.165) is 36.3 Å². The summed E-state index contributed by atoms with van der Waals surface area (Å²) in [4.78, 5) is 13.1. The second kappa shape index (κ2) is 8.07. The molecular formula is C22H22ClN3O2. The summed E-state index contributed by atoms with van der Waals surface area (Å²) < 4.78 is 7.62. The second-order valence-electron chi connectivity index (χ2n) is 7.04. The van der Waals surface area contributed by atoms with Crippen LogP contribution in [-0.2, 0) is 16.8 Å². The van der Waals surface area contributed by atoms with Crippen molar-refractivity contribution in [3.05, 3.63) is 77.6 Å². The first-order valence-electron chi connectivity index (χ1n) is 9.44. The number of halogens is 1. The fourth-order valence-corrected chi connectivity index (χ4v) is 3.68. The summed E-state index contributed by atoms with van der Waals surface area (Å²) >= 11 is 6.00. The van der Waals surface area contributed by atoms with Gasteiger partial charge in [0.25, 0.3) is 0 Å². The number of carbonyl (C=O) groups excluding carboxylic acids is 1. The summed E-state index contributed by atoms with van der Waals surface area (Å²) in [6, 6.07) is 17.0. The first-order valence-corrected chi connectivity index (χ1v) is 9.81. The monoisotopic (exact) mass is 395 g/mol. The van der Waals surface area contributed by atoms with Crippen LogP contribution in [0.15, 0.2) is 67.0 Å². The Bertz CT molecular complexity index is 935. The minimum Gasteiger partial charge on any atom is -0.492 e. The van der Waals surface area contributed by atoms with E-state index in [4.69, 9.17) is 16.3 Å². The molecule has 1 aliphatic rings. The van der Waals surface area contributed by atoms with Crippen LogP contribution in [0.4, 0.5) is 5.69 Å².